The molecule has 0 radical (unpaired) electrons. The molecular weight excluding hydrogens is 290 g/mol. The Morgan fingerprint density at radius 3 is 1.95 bits per heavy atom. The SMILES string of the molecule is CCC(CC)(CC)S(=O)(=O)Cc1csc(C(C)(C)C)n1. The molecule has 0 amide bonds. The lowest BCUT2D eigenvalue weighted by atomic mass is 9.98. The summed E-state index contributed by atoms with van der Waals surface area (Å²) in [6.45, 7) is 12.2. The third-order valence-corrected chi connectivity index (χ3v) is 8.30. The molecule has 0 fully saturated rings. The van der Waals surface area contributed by atoms with E-state index in [4.69, 9.17) is 0 Å². The lowest BCUT2D eigenvalue weighted by Crippen LogP contribution is -2.37. The number of rotatable bonds is 6. The van der Waals surface area contributed by atoms with E-state index in [-0.39, 0.29) is 11.2 Å². The smallest absolute Gasteiger partial charge is 0.161 e. The number of sulfone groups is 1. The molecule has 1 rings (SSSR count). The maximum Gasteiger partial charge on any atom is 0.161 e. The van der Waals surface area contributed by atoms with E-state index in [1.165, 1.54) is 0 Å². The second-order valence-electron chi connectivity index (χ2n) is 6.40. The Hall–Kier alpha value is -0.420. The summed E-state index contributed by atoms with van der Waals surface area (Å²) in [5.74, 6) is 0.0646. The lowest BCUT2D eigenvalue weighted by molar-refractivity contribution is 0.467. The summed E-state index contributed by atoms with van der Waals surface area (Å²) in [7, 11) is -3.18. The molecule has 0 aliphatic rings. The molecule has 0 saturated carbocycles. The summed E-state index contributed by atoms with van der Waals surface area (Å²) in [4.78, 5) is 4.52. The van der Waals surface area contributed by atoms with Crippen molar-refractivity contribution in [3.8, 4) is 0 Å². The van der Waals surface area contributed by atoms with E-state index in [9.17, 15) is 8.42 Å². The van der Waals surface area contributed by atoms with Crippen molar-refractivity contribution < 1.29 is 8.42 Å². The molecule has 0 N–H and O–H groups in total. The van der Waals surface area contributed by atoms with Gasteiger partial charge >= 0.3 is 0 Å². The molecule has 1 aromatic heterocycles. The fourth-order valence-electron chi connectivity index (χ4n) is 2.48. The van der Waals surface area contributed by atoms with Gasteiger partial charge in [-0.1, -0.05) is 41.5 Å². The monoisotopic (exact) mass is 317 g/mol. The molecule has 0 aliphatic carbocycles. The highest BCUT2D eigenvalue weighted by Crippen LogP contribution is 2.33. The molecule has 0 saturated heterocycles. The fourth-order valence-corrected chi connectivity index (χ4v) is 5.65. The normalized spacial score (nSPS) is 13.7. The standard InChI is InChI=1S/C15H27NO2S2/c1-7-15(8-2,9-3)20(17,18)11-12-10-19-13(16-12)14(4,5)6/h10H,7-9,11H2,1-6H3. The Labute approximate surface area is 127 Å². The molecule has 0 bridgehead atoms. The number of thiazole rings is 1. The van der Waals surface area contributed by atoms with Gasteiger partial charge in [0.2, 0.25) is 0 Å². The van der Waals surface area contributed by atoms with Crippen molar-refractivity contribution in [3.05, 3.63) is 16.1 Å². The first-order chi connectivity index (χ1) is 9.12. The van der Waals surface area contributed by atoms with Crippen molar-refractivity contribution in [2.75, 3.05) is 0 Å². The summed E-state index contributed by atoms with van der Waals surface area (Å²) in [5.41, 5.74) is 0.670. The Bertz CT molecular complexity index is 526. The maximum atomic E-state index is 12.7. The number of hydrogen-bond donors (Lipinski definition) is 0. The largest absolute Gasteiger partial charge is 0.245 e. The summed E-state index contributed by atoms with van der Waals surface area (Å²) in [6.07, 6.45) is 2.00. The first kappa shape index (κ1) is 17.6. The number of hydrogen-bond acceptors (Lipinski definition) is 4. The van der Waals surface area contributed by atoms with Crippen molar-refractivity contribution in [2.45, 2.75) is 76.7 Å². The Balaban J connectivity index is 3.05. The molecule has 0 spiro atoms. The van der Waals surface area contributed by atoms with Gasteiger partial charge in [0.1, 0.15) is 0 Å². The van der Waals surface area contributed by atoms with Crippen molar-refractivity contribution in [2.24, 2.45) is 0 Å². The average Bonchev–Trinajstić information content (AvgIpc) is 2.79. The topological polar surface area (TPSA) is 47.0 Å². The van der Waals surface area contributed by atoms with Gasteiger partial charge < -0.3 is 0 Å². The van der Waals surface area contributed by atoms with E-state index in [1.54, 1.807) is 11.3 Å². The van der Waals surface area contributed by atoms with Crippen LogP contribution in [0.2, 0.25) is 0 Å². The number of nitrogens with zero attached hydrogens (tertiary/aromatic N) is 1. The van der Waals surface area contributed by atoms with Crippen LogP contribution >= 0.6 is 11.3 Å². The molecule has 5 heteroatoms. The summed E-state index contributed by atoms with van der Waals surface area (Å²) in [6, 6.07) is 0. The van der Waals surface area contributed by atoms with Crippen LogP contribution in [0.5, 0.6) is 0 Å². The van der Waals surface area contributed by atoms with Gasteiger partial charge in [0.25, 0.3) is 0 Å². The van der Waals surface area contributed by atoms with Crippen LogP contribution < -0.4 is 0 Å². The van der Waals surface area contributed by atoms with E-state index in [1.807, 2.05) is 26.2 Å². The second-order valence-corrected chi connectivity index (χ2v) is 9.64. The zero-order valence-electron chi connectivity index (χ0n) is 13.5. The lowest BCUT2D eigenvalue weighted by Gasteiger charge is -2.29. The first-order valence-electron chi connectivity index (χ1n) is 7.29. The maximum absolute atomic E-state index is 12.7. The summed E-state index contributed by atoms with van der Waals surface area (Å²) >= 11 is 1.56. The van der Waals surface area contributed by atoms with Crippen molar-refractivity contribution in [3.63, 3.8) is 0 Å². The molecule has 116 valence electrons. The van der Waals surface area contributed by atoms with Crippen LogP contribution in [0.15, 0.2) is 5.38 Å². The quantitative estimate of drug-likeness (QED) is 0.785. The van der Waals surface area contributed by atoms with E-state index in [2.05, 4.69) is 25.8 Å². The third kappa shape index (κ3) is 3.42. The van der Waals surface area contributed by atoms with Crippen molar-refractivity contribution in [1.82, 2.24) is 4.98 Å². The minimum atomic E-state index is -3.18. The molecule has 0 unspecified atom stereocenters. The Kier molecular flexibility index (Phi) is 5.41. The van der Waals surface area contributed by atoms with Gasteiger partial charge in [0, 0.05) is 10.8 Å². The van der Waals surface area contributed by atoms with Crippen LogP contribution in [0.3, 0.4) is 0 Å². The molecule has 0 atom stereocenters. The minimum absolute atomic E-state index is 0.0238. The van der Waals surface area contributed by atoms with E-state index in [0.29, 0.717) is 25.0 Å². The van der Waals surface area contributed by atoms with Crippen molar-refractivity contribution in [1.29, 1.82) is 0 Å². The van der Waals surface area contributed by atoms with Crippen LogP contribution in [-0.4, -0.2) is 18.1 Å². The molecule has 0 aliphatic heterocycles. The summed E-state index contributed by atoms with van der Waals surface area (Å²) in [5, 5.41) is 2.89. The van der Waals surface area contributed by atoms with Crippen LogP contribution in [-0.2, 0) is 21.0 Å². The highest BCUT2D eigenvalue weighted by molar-refractivity contribution is 7.92. The third-order valence-electron chi connectivity index (χ3n) is 4.12. The van der Waals surface area contributed by atoms with Gasteiger partial charge in [0.05, 0.1) is 21.2 Å². The average molecular weight is 318 g/mol. The molecule has 1 aromatic rings. The predicted molar refractivity (Wildman–Crippen MR) is 87.0 cm³/mol. The molecule has 20 heavy (non-hydrogen) atoms. The highest BCUT2D eigenvalue weighted by atomic mass is 32.2. The van der Waals surface area contributed by atoms with Crippen LogP contribution in [0.25, 0.3) is 0 Å². The number of aromatic nitrogens is 1. The van der Waals surface area contributed by atoms with E-state index >= 15 is 0 Å². The van der Waals surface area contributed by atoms with Crippen molar-refractivity contribution >= 4 is 21.2 Å². The predicted octanol–water partition coefficient (Wildman–Crippen LogP) is 4.32. The molecule has 3 nitrogen and oxygen atoms in total. The van der Waals surface area contributed by atoms with Crippen LogP contribution in [0.4, 0.5) is 0 Å². The zero-order chi connectivity index (χ0) is 15.6. The zero-order valence-corrected chi connectivity index (χ0v) is 15.1. The van der Waals surface area contributed by atoms with Gasteiger partial charge in [-0.25, -0.2) is 13.4 Å². The second kappa shape index (κ2) is 6.14. The van der Waals surface area contributed by atoms with Gasteiger partial charge in [0.15, 0.2) is 9.84 Å². The molecule has 0 aromatic carbocycles. The van der Waals surface area contributed by atoms with Gasteiger partial charge in [-0.15, -0.1) is 11.3 Å². The fraction of sp³-hybridized carbons (Fsp3) is 0.800. The summed E-state index contributed by atoms with van der Waals surface area (Å²) < 4.78 is 24.9. The molecule has 1 heterocycles. The first-order valence-corrected chi connectivity index (χ1v) is 9.82. The highest BCUT2D eigenvalue weighted by Gasteiger charge is 2.39. The van der Waals surface area contributed by atoms with Gasteiger partial charge in [-0.05, 0) is 19.3 Å². The van der Waals surface area contributed by atoms with Crippen LogP contribution in [0.1, 0.15) is 71.5 Å². The molecular formula is C15H27NO2S2. The van der Waals surface area contributed by atoms with Gasteiger partial charge in [-0.3, -0.25) is 0 Å². The van der Waals surface area contributed by atoms with E-state index in [0.717, 1.165) is 5.01 Å². The minimum Gasteiger partial charge on any atom is -0.245 e. The Morgan fingerprint density at radius 1 is 1.10 bits per heavy atom. The van der Waals surface area contributed by atoms with Gasteiger partial charge in [-0.2, -0.15) is 0 Å². The van der Waals surface area contributed by atoms with Crippen LogP contribution in [0, 0.1) is 0 Å². The van der Waals surface area contributed by atoms with E-state index < -0.39 is 14.6 Å². The Morgan fingerprint density at radius 2 is 1.60 bits per heavy atom.